The summed E-state index contributed by atoms with van der Waals surface area (Å²) < 4.78 is 16.3. The molecular weight excluding hydrogens is 408 g/mol. The molecule has 1 heterocycles. The Bertz CT molecular complexity index is 1260. The van der Waals surface area contributed by atoms with Crippen LogP contribution < -0.4 is 20.1 Å². The zero-order chi connectivity index (χ0) is 22.5. The predicted molar refractivity (Wildman–Crippen MR) is 123 cm³/mol. The second kappa shape index (κ2) is 9.26. The number of furan rings is 1. The number of fused-ring (bicyclic) bond motifs is 1. The number of anilines is 2. The number of nitrogens with one attached hydrogen (secondary N) is 2. The topological polar surface area (TPSA) is 89.8 Å². The minimum absolute atomic E-state index is 0.0371. The molecule has 0 atom stereocenters. The molecule has 7 heteroatoms. The molecule has 1 amide bonds. The molecule has 0 aliphatic heterocycles. The number of para-hydroxylation sites is 2. The van der Waals surface area contributed by atoms with Crippen molar-refractivity contribution in [1.82, 2.24) is 0 Å². The van der Waals surface area contributed by atoms with Gasteiger partial charge in [0.15, 0.2) is 17.3 Å². The molecule has 0 radical (unpaired) electrons. The van der Waals surface area contributed by atoms with Crippen LogP contribution in [0.4, 0.5) is 11.4 Å². The van der Waals surface area contributed by atoms with Crippen LogP contribution in [-0.2, 0) is 0 Å². The molecule has 0 aliphatic rings. The smallest absolute Gasteiger partial charge is 0.293 e. The molecule has 4 rings (SSSR count). The van der Waals surface area contributed by atoms with E-state index in [1.165, 1.54) is 14.2 Å². The van der Waals surface area contributed by atoms with Gasteiger partial charge in [0.05, 0.1) is 26.5 Å². The summed E-state index contributed by atoms with van der Waals surface area (Å²) in [5, 5.41) is 6.62. The van der Waals surface area contributed by atoms with E-state index in [9.17, 15) is 9.59 Å². The molecule has 0 saturated heterocycles. The number of carbonyl (C=O) groups is 2. The van der Waals surface area contributed by atoms with E-state index in [0.717, 1.165) is 0 Å². The summed E-state index contributed by atoms with van der Waals surface area (Å²) >= 11 is 0. The Hall–Kier alpha value is -4.26. The van der Waals surface area contributed by atoms with Crippen LogP contribution >= 0.6 is 0 Å². The Balaban J connectivity index is 1.59. The van der Waals surface area contributed by atoms with E-state index in [0.29, 0.717) is 39.4 Å². The fourth-order valence-electron chi connectivity index (χ4n) is 3.37. The van der Waals surface area contributed by atoms with Crippen molar-refractivity contribution in [2.75, 3.05) is 31.4 Å². The summed E-state index contributed by atoms with van der Waals surface area (Å²) in [6, 6.07) is 21.3. The van der Waals surface area contributed by atoms with Crippen LogP contribution in [0, 0.1) is 0 Å². The zero-order valence-electron chi connectivity index (χ0n) is 17.7. The van der Waals surface area contributed by atoms with Gasteiger partial charge in [-0.2, -0.15) is 0 Å². The van der Waals surface area contributed by atoms with Gasteiger partial charge in [0.25, 0.3) is 5.91 Å². The molecule has 1 aromatic heterocycles. The Morgan fingerprint density at radius 2 is 1.59 bits per heavy atom. The number of carbonyl (C=O) groups excluding carboxylic acids is 2. The monoisotopic (exact) mass is 430 g/mol. The average Bonchev–Trinajstić information content (AvgIpc) is 3.21. The van der Waals surface area contributed by atoms with Crippen LogP contribution in [-0.4, -0.2) is 32.5 Å². The number of amides is 1. The summed E-state index contributed by atoms with van der Waals surface area (Å²) in [5.41, 5.74) is 2.11. The second-order valence-corrected chi connectivity index (χ2v) is 6.97. The SMILES string of the molecule is COc1ccc(C(=O)CNc2c(C(=O)Nc3ccccc3)oc3ccccc23)cc1OC. The van der Waals surface area contributed by atoms with Crippen molar-refractivity contribution in [2.45, 2.75) is 0 Å². The minimum Gasteiger partial charge on any atom is -0.493 e. The number of rotatable bonds is 8. The number of ether oxygens (including phenoxy) is 2. The van der Waals surface area contributed by atoms with E-state index in [1.54, 1.807) is 36.4 Å². The first kappa shape index (κ1) is 21.0. The van der Waals surface area contributed by atoms with Crippen LogP contribution in [0.3, 0.4) is 0 Å². The number of methoxy groups -OCH3 is 2. The van der Waals surface area contributed by atoms with Crippen molar-refractivity contribution in [3.63, 3.8) is 0 Å². The van der Waals surface area contributed by atoms with E-state index < -0.39 is 5.91 Å². The quantitative estimate of drug-likeness (QED) is 0.383. The highest BCUT2D eigenvalue weighted by atomic mass is 16.5. The third-order valence-electron chi connectivity index (χ3n) is 4.96. The normalized spacial score (nSPS) is 10.6. The lowest BCUT2D eigenvalue weighted by atomic mass is 10.1. The Morgan fingerprint density at radius 1 is 0.875 bits per heavy atom. The van der Waals surface area contributed by atoms with Crippen molar-refractivity contribution in [3.8, 4) is 11.5 Å². The van der Waals surface area contributed by atoms with E-state index in [4.69, 9.17) is 13.9 Å². The first-order chi connectivity index (χ1) is 15.6. The van der Waals surface area contributed by atoms with Gasteiger partial charge in [-0.3, -0.25) is 9.59 Å². The van der Waals surface area contributed by atoms with Crippen LogP contribution in [0.25, 0.3) is 11.0 Å². The van der Waals surface area contributed by atoms with Gasteiger partial charge < -0.3 is 24.5 Å². The summed E-state index contributed by atoms with van der Waals surface area (Å²) in [7, 11) is 3.05. The molecule has 0 saturated carbocycles. The summed E-state index contributed by atoms with van der Waals surface area (Å²) in [4.78, 5) is 25.7. The van der Waals surface area contributed by atoms with Gasteiger partial charge >= 0.3 is 0 Å². The highest BCUT2D eigenvalue weighted by molar-refractivity contribution is 6.12. The lowest BCUT2D eigenvalue weighted by Crippen LogP contribution is -2.17. The first-order valence-electron chi connectivity index (χ1n) is 9.97. The fraction of sp³-hybridized carbons (Fsp3) is 0.120. The molecule has 3 aromatic carbocycles. The van der Waals surface area contributed by atoms with Crippen molar-refractivity contribution < 1.29 is 23.5 Å². The highest BCUT2D eigenvalue weighted by Gasteiger charge is 2.22. The number of Topliss-reactive ketones (excluding diaryl/α,β-unsaturated/α-hetero) is 1. The summed E-state index contributed by atoms with van der Waals surface area (Å²) in [6.45, 7) is -0.0371. The molecule has 2 N–H and O–H groups in total. The van der Waals surface area contributed by atoms with Gasteiger partial charge in [-0.05, 0) is 42.5 Å². The maximum Gasteiger partial charge on any atom is 0.293 e. The van der Waals surface area contributed by atoms with Crippen LogP contribution in [0.15, 0.2) is 77.2 Å². The summed E-state index contributed by atoms with van der Waals surface area (Å²) in [5.74, 6) is 0.530. The highest BCUT2D eigenvalue weighted by Crippen LogP contribution is 2.32. The number of hydrogen-bond acceptors (Lipinski definition) is 6. The first-order valence-corrected chi connectivity index (χ1v) is 9.97. The molecule has 0 aliphatic carbocycles. The maximum absolute atomic E-state index is 12.9. The Kier molecular flexibility index (Phi) is 6.07. The third kappa shape index (κ3) is 4.27. The van der Waals surface area contributed by atoms with Crippen LogP contribution in [0.1, 0.15) is 20.9 Å². The van der Waals surface area contributed by atoms with Gasteiger partial charge in [-0.1, -0.05) is 30.3 Å². The van der Waals surface area contributed by atoms with Gasteiger partial charge in [-0.25, -0.2) is 0 Å². The molecular formula is C25H22N2O5. The van der Waals surface area contributed by atoms with Crippen molar-refractivity contribution >= 4 is 34.0 Å². The average molecular weight is 430 g/mol. The molecule has 0 bridgehead atoms. The van der Waals surface area contributed by atoms with E-state index in [2.05, 4.69) is 10.6 Å². The predicted octanol–water partition coefficient (Wildman–Crippen LogP) is 5.00. The molecule has 32 heavy (non-hydrogen) atoms. The third-order valence-corrected chi connectivity index (χ3v) is 4.96. The Labute approximate surface area is 184 Å². The largest absolute Gasteiger partial charge is 0.493 e. The van der Waals surface area contributed by atoms with Crippen molar-refractivity contribution in [3.05, 3.63) is 84.1 Å². The van der Waals surface area contributed by atoms with Gasteiger partial charge in [0.1, 0.15) is 5.58 Å². The van der Waals surface area contributed by atoms with Crippen molar-refractivity contribution in [1.29, 1.82) is 0 Å². The standard InChI is InChI=1S/C25H22N2O5/c1-30-21-13-12-16(14-22(21)31-2)19(28)15-26-23-18-10-6-7-11-20(18)32-24(23)25(29)27-17-8-4-3-5-9-17/h3-14,26H,15H2,1-2H3,(H,27,29). The lowest BCUT2D eigenvalue weighted by molar-refractivity contribution is 0.0990. The molecule has 0 unspecified atom stereocenters. The van der Waals surface area contributed by atoms with Gasteiger partial charge in [-0.15, -0.1) is 0 Å². The maximum atomic E-state index is 12.9. The zero-order valence-corrected chi connectivity index (χ0v) is 17.7. The number of ketones is 1. The van der Waals surface area contributed by atoms with E-state index in [-0.39, 0.29) is 18.1 Å². The molecule has 0 fully saturated rings. The molecule has 162 valence electrons. The fourth-order valence-corrected chi connectivity index (χ4v) is 3.37. The van der Waals surface area contributed by atoms with E-state index >= 15 is 0 Å². The van der Waals surface area contributed by atoms with Gasteiger partial charge in [0, 0.05) is 16.6 Å². The van der Waals surface area contributed by atoms with E-state index in [1.807, 2.05) is 36.4 Å². The number of hydrogen-bond donors (Lipinski definition) is 2. The van der Waals surface area contributed by atoms with Crippen LogP contribution in [0.5, 0.6) is 11.5 Å². The van der Waals surface area contributed by atoms with Gasteiger partial charge in [0.2, 0.25) is 5.76 Å². The Morgan fingerprint density at radius 3 is 2.34 bits per heavy atom. The second-order valence-electron chi connectivity index (χ2n) is 6.97. The van der Waals surface area contributed by atoms with Crippen LogP contribution in [0.2, 0.25) is 0 Å². The number of benzene rings is 3. The minimum atomic E-state index is -0.409. The van der Waals surface area contributed by atoms with Crippen molar-refractivity contribution in [2.24, 2.45) is 0 Å². The molecule has 4 aromatic rings. The molecule has 0 spiro atoms. The summed E-state index contributed by atoms with van der Waals surface area (Å²) in [6.07, 6.45) is 0. The lowest BCUT2D eigenvalue weighted by Gasteiger charge is -2.10. The molecule has 7 nitrogen and oxygen atoms in total.